The first kappa shape index (κ1) is 17.4. The molecule has 3 rings (SSSR count). The zero-order chi connectivity index (χ0) is 17.8. The third-order valence-corrected chi connectivity index (χ3v) is 5.21. The monoisotopic (exact) mass is 362 g/mol. The number of carbonyl (C=O) groups excluding carboxylic acids is 1. The van der Waals surface area contributed by atoms with E-state index in [-0.39, 0.29) is 17.1 Å². The van der Waals surface area contributed by atoms with Crippen LogP contribution >= 0.6 is 11.8 Å². The summed E-state index contributed by atoms with van der Waals surface area (Å²) in [6.45, 7) is 0.565. The molecule has 1 aliphatic heterocycles. The summed E-state index contributed by atoms with van der Waals surface area (Å²) in [7, 11) is 3.15. The third kappa shape index (κ3) is 3.51. The first-order valence-electron chi connectivity index (χ1n) is 7.80. The molecule has 2 amide bonds. The summed E-state index contributed by atoms with van der Waals surface area (Å²) in [5, 5.41) is 2.42. The number of urea groups is 1. The second-order valence-corrected chi connectivity index (χ2v) is 6.60. The van der Waals surface area contributed by atoms with Gasteiger partial charge in [-0.1, -0.05) is 24.3 Å². The number of nitrogens with zero attached hydrogens (tertiary/aromatic N) is 1. The number of halogens is 1. The van der Waals surface area contributed by atoms with Crippen LogP contribution in [0.3, 0.4) is 0 Å². The van der Waals surface area contributed by atoms with Gasteiger partial charge in [-0.2, -0.15) is 0 Å². The molecule has 0 spiro atoms. The van der Waals surface area contributed by atoms with E-state index in [0.717, 1.165) is 11.3 Å². The van der Waals surface area contributed by atoms with Crippen molar-refractivity contribution in [1.29, 1.82) is 0 Å². The van der Waals surface area contributed by atoms with Crippen molar-refractivity contribution in [2.24, 2.45) is 0 Å². The molecule has 0 aromatic heterocycles. The topological polar surface area (TPSA) is 50.8 Å². The predicted molar refractivity (Wildman–Crippen MR) is 96.9 cm³/mol. The minimum atomic E-state index is -0.460. The van der Waals surface area contributed by atoms with Gasteiger partial charge in [-0.25, -0.2) is 9.18 Å². The number of amides is 2. The van der Waals surface area contributed by atoms with Crippen molar-refractivity contribution in [3.8, 4) is 11.5 Å². The molecule has 2 aromatic carbocycles. The number of ether oxygens (including phenoxy) is 2. The Hall–Kier alpha value is -2.41. The van der Waals surface area contributed by atoms with E-state index in [9.17, 15) is 9.18 Å². The molecule has 5 nitrogen and oxygen atoms in total. The largest absolute Gasteiger partial charge is 0.493 e. The zero-order valence-electron chi connectivity index (χ0n) is 14.0. The SMILES string of the molecule is COc1cccc(C2SCCN2C(=O)Nc2ccccc2F)c1OC. The molecular weight excluding hydrogens is 343 g/mol. The molecule has 0 bridgehead atoms. The van der Waals surface area contributed by atoms with Crippen molar-refractivity contribution >= 4 is 23.5 Å². The molecule has 0 radical (unpaired) electrons. The number of benzene rings is 2. The molecule has 25 heavy (non-hydrogen) atoms. The van der Waals surface area contributed by atoms with Gasteiger partial charge >= 0.3 is 6.03 Å². The lowest BCUT2D eigenvalue weighted by Crippen LogP contribution is -2.34. The van der Waals surface area contributed by atoms with Crippen molar-refractivity contribution in [1.82, 2.24) is 4.90 Å². The average molecular weight is 362 g/mol. The lowest BCUT2D eigenvalue weighted by molar-refractivity contribution is 0.213. The first-order chi connectivity index (χ1) is 12.2. The van der Waals surface area contributed by atoms with Gasteiger partial charge in [0.15, 0.2) is 11.5 Å². The highest BCUT2D eigenvalue weighted by atomic mass is 32.2. The van der Waals surface area contributed by atoms with Gasteiger partial charge in [0, 0.05) is 17.9 Å². The minimum Gasteiger partial charge on any atom is -0.493 e. The number of anilines is 1. The van der Waals surface area contributed by atoms with Crippen molar-refractivity contribution < 1.29 is 18.7 Å². The van der Waals surface area contributed by atoms with Gasteiger partial charge in [0.1, 0.15) is 11.2 Å². The Morgan fingerprint density at radius 2 is 2.00 bits per heavy atom. The van der Waals surface area contributed by atoms with Crippen LogP contribution in [-0.4, -0.2) is 37.4 Å². The summed E-state index contributed by atoms with van der Waals surface area (Å²) in [6, 6.07) is 11.4. The van der Waals surface area contributed by atoms with Crippen LogP contribution in [0, 0.1) is 5.82 Å². The van der Waals surface area contributed by atoms with Gasteiger partial charge < -0.3 is 19.7 Å². The van der Waals surface area contributed by atoms with Crippen LogP contribution in [0.1, 0.15) is 10.9 Å². The van der Waals surface area contributed by atoms with Crippen LogP contribution in [0.25, 0.3) is 0 Å². The van der Waals surface area contributed by atoms with E-state index in [4.69, 9.17) is 9.47 Å². The highest BCUT2D eigenvalue weighted by Crippen LogP contribution is 2.45. The van der Waals surface area contributed by atoms with Crippen LogP contribution in [0.4, 0.5) is 14.9 Å². The minimum absolute atomic E-state index is 0.167. The fourth-order valence-corrected chi connectivity index (χ4v) is 4.06. The highest BCUT2D eigenvalue weighted by Gasteiger charge is 2.33. The number of para-hydroxylation sites is 2. The van der Waals surface area contributed by atoms with Crippen LogP contribution in [0.15, 0.2) is 42.5 Å². The molecule has 0 saturated carbocycles. The van der Waals surface area contributed by atoms with Crippen LogP contribution < -0.4 is 14.8 Å². The Kier molecular flexibility index (Phi) is 5.33. The quantitative estimate of drug-likeness (QED) is 0.889. The molecule has 1 saturated heterocycles. The molecule has 1 atom stereocenters. The molecule has 132 valence electrons. The highest BCUT2D eigenvalue weighted by molar-refractivity contribution is 7.99. The van der Waals surface area contributed by atoms with Gasteiger partial charge in [0.2, 0.25) is 0 Å². The summed E-state index contributed by atoms with van der Waals surface area (Å²) in [4.78, 5) is 14.3. The van der Waals surface area contributed by atoms with E-state index < -0.39 is 5.82 Å². The summed E-state index contributed by atoms with van der Waals surface area (Å²) >= 11 is 1.63. The van der Waals surface area contributed by atoms with Crippen molar-refractivity contribution in [2.45, 2.75) is 5.37 Å². The Labute approximate surface area is 150 Å². The molecule has 1 aliphatic rings. The molecule has 0 aliphatic carbocycles. The van der Waals surface area contributed by atoms with Crippen molar-refractivity contribution in [2.75, 3.05) is 31.8 Å². The Morgan fingerprint density at radius 1 is 1.20 bits per heavy atom. The Bertz CT molecular complexity index is 772. The van der Waals surface area contributed by atoms with Crippen LogP contribution in [-0.2, 0) is 0 Å². The van der Waals surface area contributed by atoms with E-state index >= 15 is 0 Å². The normalized spacial score (nSPS) is 16.6. The number of thioether (sulfide) groups is 1. The molecule has 7 heteroatoms. The first-order valence-corrected chi connectivity index (χ1v) is 8.85. The Morgan fingerprint density at radius 3 is 2.72 bits per heavy atom. The summed E-state index contributed by atoms with van der Waals surface area (Å²) in [5.41, 5.74) is 1.02. The van der Waals surface area contributed by atoms with Gasteiger partial charge in [0.25, 0.3) is 0 Å². The molecule has 1 fully saturated rings. The summed E-state index contributed by atoms with van der Waals surface area (Å²) in [6.07, 6.45) is 0. The van der Waals surface area contributed by atoms with E-state index in [1.165, 1.54) is 12.1 Å². The second kappa shape index (κ2) is 7.65. The van der Waals surface area contributed by atoms with Crippen molar-refractivity contribution in [3.63, 3.8) is 0 Å². The number of nitrogens with one attached hydrogen (secondary N) is 1. The second-order valence-electron chi connectivity index (χ2n) is 5.41. The van der Waals surface area contributed by atoms with E-state index in [0.29, 0.717) is 18.0 Å². The van der Waals surface area contributed by atoms with Crippen LogP contribution in [0.5, 0.6) is 11.5 Å². The number of hydrogen-bond acceptors (Lipinski definition) is 4. The fourth-order valence-electron chi connectivity index (χ4n) is 2.79. The number of methoxy groups -OCH3 is 2. The van der Waals surface area contributed by atoms with E-state index in [1.807, 2.05) is 18.2 Å². The van der Waals surface area contributed by atoms with Crippen LogP contribution in [0.2, 0.25) is 0 Å². The maximum absolute atomic E-state index is 13.8. The lowest BCUT2D eigenvalue weighted by Gasteiger charge is -2.26. The smallest absolute Gasteiger partial charge is 0.323 e. The van der Waals surface area contributed by atoms with E-state index in [1.54, 1.807) is 43.0 Å². The number of carbonyl (C=O) groups is 1. The van der Waals surface area contributed by atoms with Gasteiger partial charge in [-0.15, -0.1) is 11.8 Å². The standard InChI is InChI=1S/C18H19FN2O3S/c1-23-15-9-5-6-12(16(15)24-2)17-21(10-11-25-17)18(22)20-14-8-4-3-7-13(14)19/h3-9,17H,10-11H2,1-2H3,(H,20,22). The van der Waals surface area contributed by atoms with E-state index in [2.05, 4.69) is 5.32 Å². The van der Waals surface area contributed by atoms with Gasteiger partial charge in [0.05, 0.1) is 19.9 Å². The maximum atomic E-state index is 13.8. The number of rotatable bonds is 4. The van der Waals surface area contributed by atoms with Gasteiger partial charge in [-0.05, 0) is 18.2 Å². The molecule has 2 aromatic rings. The molecule has 1 N–H and O–H groups in total. The molecule has 1 heterocycles. The molecular formula is C18H19FN2O3S. The summed E-state index contributed by atoms with van der Waals surface area (Å²) in [5.74, 6) is 1.55. The zero-order valence-corrected chi connectivity index (χ0v) is 14.8. The fraction of sp³-hybridized carbons (Fsp3) is 0.278. The van der Waals surface area contributed by atoms with Gasteiger partial charge in [-0.3, -0.25) is 0 Å². The lowest BCUT2D eigenvalue weighted by atomic mass is 10.1. The Balaban J connectivity index is 1.86. The predicted octanol–water partition coefficient (Wildman–Crippen LogP) is 4.12. The maximum Gasteiger partial charge on any atom is 0.323 e. The number of hydrogen-bond donors (Lipinski definition) is 1. The average Bonchev–Trinajstić information content (AvgIpc) is 3.12. The third-order valence-electron chi connectivity index (χ3n) is 3.97. The van der Waals surface area contributed by atoms with Crippen molar-refractivity contribution in [3.05, 3.63) is 53.8 Å². The summed E-state index contributed by atoms with van der Waals surface area (Å²) < 4.78 is 24.6. The molecule has 1 unspecified atom stereocenters.